The standard InChI is InChI=1S/C13H9BrN2O4/c14-11-3-1-2-9(16-11)12(18)15-7-4-5-8(13(19)20)10(17)6-7/h1-6,17H,(H,15,18)(H,19,20). The summed E-state index contributed by atoms with van der Waals surface area (Å²) in [5.41, 5.74) is 0.240. The van der Waals surface area contributed by atoms with E-state index < -0.39 is 17.6 Å². The van der Waals surface area contributed by atoms with Gasteiger partial charge in [0, 0.05) is 11.8 Å². The predicted octanol–water partition coefficient (Wildman–Crippen LogP) is 2.50. The normalized spacial score (nSPS) is 10.1. The number of amides is 1. The molecule has 0 aliphatic heterocycles. The Kier molecular flexibility index (Phi) is 3.99. The largest absolute Gasteiger partial charge is 0.507 e. The van der Waals surface area contributed by atoms with E-state index in [2.05, 4.69) is 26.2 Å². The number of carbonyl (C=O) groups excluding carboxylic acids is 1. The van der Waals surface area contributed by atoms with Gasteiger partial charge >= 0.3 is 5.97 Å². The molecule has 1 amide bonds. The number of nitrogens with one attached hydrogen (secondary N) is 1. The number of pyridine rings is 1. The van der Waals surface area contributed by atoms with E-state index in [4.69, 9.17) is 5.11 Å². The molecular formula is C13H9BrN2O4. The molecule has 20 heavy (non-hydrogen) atoms. The van der Waals surface area contributed by atoms with Gasteiger partial charge in [-0.05, 0) is 40.2 Å². The van der Waals surface area contributed by atoms with E-state index in [0.29, 0.717) is 4.60 Å². The van der Waals surface area contributed by atoms with Crippen LogP contribution >= 0.6 is 15.9 Å². The highest BCUT2D eigenvalue weighted by Crippen LogP contribution is 2.22. The molecule has 0 saturated carbocycles. The van der Waals surface area contributed by atoms with Crippen molar-refractivity contribution >= 4 is 33.5 Å². The number of carboxylic acids is 1. The molecule has 6 nitrogen and oxygen atoms in total. The Labute approximate surface area is 122 Å². The number of halogens is 1. The van der Waals surface area contributed by atoms with Gasteiger partial charge in [0.1, 0.15) is 21.6 Å². The SMILES string of the molecule is O=C(Nc1ccc(C(=O)O)c(O)c1)c1cccc(Br)n1. The van der Waals surface area contributed by atoms with Crippen LogP contribution in [0.5, 0.6) is 5.75 Å². The Balaban J connectivity index is 2.20. The zero-order valence-electron chi connectivity index (χ0n) is 10.0. The first-order valence-electron chi connectivity index (χ1n) is 5.47. The number of phenols is 1. The van der Waals surface area contributed by atoms with Gasteiger partial charge in [0.2, 0.25) is 0 Å². The maximum Gasteiger partial charge on any atom is 0.339 e. The average Bonchev–Trinajstić information content (AvgIpc) is 2.38. The molecule has 102 valence electrons. The molecule has 0 saturated heterocycles. The number of aromatic nitrogens is 1. The van der Waals surface area contributed by atoms with Crippen LogP contribution in [0.4, 0.5) is 5.69 Å². The van der Waals surface area contributed by atoms with Crippen molar-refractivity contribution in [3.63, 3.8) is 0 Å². The first kappa shape index (κ1) is 14.0. The lowest BCUT2D eigenvalue weighted by molar-refractivity contribution is 0.0693. The quantitative estimate of drug-likeness (QED) is 0.748. The molecule has 7 heteroatoms. The van der Waals surface area contributed by atoms with Crippen LogP contribution in [0, 0.1) is 0 Å². The summed E-state index contributed by atoms with van der Waals surface area (Å²) >= 11 is 3.16. The molecule has 2 aromatic rings. The van der Waals surface area contributed by atoms with Crippen LogP contribution in [0.3, 0.4) is 0 Å². The lowest BCUT2D eigenvalue weighted by Crippen LogP contribution is -2.13. The van der Waals surface area contributed by atoms with Crippen molar-refractivity contribution < 1.29 is 19.8 Å². The highest BCUT2D eigenvalue weighted by atomic mass is 79.9. The number of aromatic carboxylic acids is 1. The summed E-state index contributed by atoms with van der Waals surface area (Å²) in [6, 6.07) is 8.65. The second kappa shape index (κ2) is 5.70. The van der Waals surface area contributed by atoms with Gasteiger partial charge in [-0.1, -0.05) is 6.07 Å². The molecule has 1 aromatic carbocycles. The number of benzene rings is 1. The van der Waals surface area contributed by atoms with Gasteiger partial charge in [-0.25, -0.2) is 9.78 Å². The molecule has 0 unspecified atom stereocenters. The van der Waals surface area contributed by atoms with Gasteiger partial charge in [-0.2, -0.15) is 0 Å². The van der Waals surface area contributed by atoms with Crippen molar-refractivity contribution in [1.82, 2.24) is 4.98 Å². The van der Waals surface area contributed by atoms with Crippen LogP contribution in [-0.2, 0) is 0 Å². The Hall–Kier alpha value is -2.41. The van der Waals surface area contributed by atoms with E-state index in [1.807, 2.05) is 0 Å². The highest BCUT2D eigenvalue weighted by molar-refractivity contribution is 9.10. The Bertz CT molecular complexity index is 688. The fourth-order valence-corrected chi connectivity index (χ4v) is 1.86. The number of carbonyl (C=O) groups is 2. The second-order valence-corrected chi connectivity index (χ2v) is 4.65. The van der Waals surface area contributed by atoms with Gasteiger partial charge < -0.3 is 15.5 Å². The zero-order chi connectivity index (χ0) is 14.7. The Morgan fingerprint density at radius 3 is 2.55 bits per heavy atom. The maximum absolute atomic E-state index is 11.9. The topological polar surface area (TPSA) is 99.5 Å². The predicted molar refractivity (Wildman–Crippen MR) is 75.0 cm³/mol. The van der Waals surface area contributed by atoms with Crippen LogP contribution in [0.15, 0.2) is 41.0 Å². The number of carboxylic acid groups (broad SMARTS) is 1. The average molecular weight is 337 g/mol. The van der Waals surface area contributed by atoms with Gasteiger partial charge in [0.15, 0.2) is 0 Å². The molecule has 3 N–H and O–H groups in total. The molecule has 0 spiro atoms. The smallest absolute Gasteiger partial charge is 0.339 e. The van der Waals surface area contributed by atoms with Crippen molar-refractivity contribution in [2.45, 2.75) is 0 Å². The highest BCUT2D eigenvalue weighted by Gasteiger charge is 2.12. The second-order valence-electron chi connectivity index (χ2n) is 3.84. The fourth-order valence-electron chi connectivity index (χ4n) is 1.52. The van der Waals surface area contributed by atoms with Crippen LogP contribution in [0.1, 0.15) is 20.8 Å². The maximum atomic E-state index is 11.9. The van der Waals surface area contributed by atoms with E-state index in [0.717, 1.165) is 0 Å². The van der Waals surface area contributed by atoms with E-state index in [1.54, 1.807) is 12.1 Å². The number of rotatable bonds is 3. The lowest BCUT2D eigenvalue weighted by Gasteiger charge is -2.06. The summed E-state index contributed by atoms with van der Waals surface area (Å²) in [7, 11) is 0. The molecule has 1 heterocycles. The monoisotopic (exact) mass is 336 g/mol. The van der Waals surface area contributed by atoms with Crippen molar-refractivity contribution in [2.24, 2.45) is 0 Å². The first-order chi connectivity index (χ1) is 9.47. The molecular weight excluding hydrogens is 328 g/mol. The first-order valence-corrected chi connectivity index (χ1v) is 6.27. The van der Waals surface area contributed by atoms with E-state index in [-0.39, 0.29) is 16.9 Å². The van der Waals surface area contributed by atoms with Crippen molar-refractivity contribution in [2.75, 3.05) is 5.32 Å². The van der Waals surface area contributed by atoms with E-state index in [1.165, 1.54) is 24.3 Å². The molecule has 0 atom stereocenters. The fraction of sp³-hybridized carbons (Fsp3) is 0. The Morgan fingerprint density at radius 2 is 1.95 bits per heavy atom. The number of hydrogen-bond acceptors (Lipinski definition) is 4. The van der Waals surface area contributed by atoms with Crippen LogP contribution in [-0.4, -0.2) is 27.1 Å². The van der Waals surface area contributed by atoms with E-state index in [9.17, 15) is 14.7 Å². The molecule has 0 bridgehead atoms. The summed E-state index contributed by atoms with van der Waals surface area (Å²) in [4.78, 5) is 26.6. The summed E-state index contributed by atoms with van der Waals surface area (Å²) < 4.78 is 0.522. The minimum absolute atomic E-state index is 0.196. The van der Waals surface area contributed by atoms with Crippen molar-refractivity contribution in [1.29, 1.82) is 0 Å². The summed E-state index contributed by atoms with van der Waals surface area (Å²) in [6.07, 6.45) is 0. The van der Waals surface area contributed by atoms with E-state index >= 15 is 0 Å². The Morgan fingerprint density at radius 1 is 1.20 bits per heavy atom. The summed E-state index contributed by atoms with van der Waals surface area (Å²) in [6.45, 7) is 0. The van der Waals surface area contributed by atoms with Crippen molar-refractivity contribution in [3.8, 4) is 5.75 Å². The van der Waals surface area contributed by atoms with Gasteiger partial charge in [-0.3, -0.25) is 4.79 Å². The third kappa shape index (κ3) is 3.12. The van der Waals surface area contributed by atoms with Crippen LogP contribution < -0.4 is 5.32 Å². The summed E-state index contributed by atoms with van der Waals surface area (Å²) in [5.74, 6) is -2.12. The molecule has 0 radical (unpaired) electrons. The van der Waals surface area contributed by atoms with Crippen molar-refractivity contribution in [3.05, 3.63) is 52.3 Å². The minimum atomic E-state index is -1.24. The van der Waals surface area contributed by atoms with Gasteiger partial charge in [0.25, 0.3) is 5.91 Å². The van der Waals surface area contributed by atoms with Gasteiger partial charge in [0.05, 0.1) is 0 Å². The van der Waals surface area contributed by atoms with Crippen LogP contribution in [0.2, 0.25) is 0 Å². The number of aromatic hydroxyl groups is 1. The zero-order valence-corrected chi connectivity index (χ0v) is 11.6. The third-order valence-corrected chi connectivity index (χ3v) is 2.88. The molecule has 0 fully saturated rings. The lowest BCUT2D eigenvalue weighted by atomic mass is 10.2. The molecule has 1 aromatic heterocycles. The number of anilines is 1. The molecule has 0 aliphatic rings. The minimum Gasteiger partial charge on any atom is -0.507 e. The summed E-state index contributed by atoms with van der Waals surface area (Å²) in [5, 5.41) is 20.8. The van der Waals surface area contributed by atoms with Gasteiger partial charge in [-0.15, -0.1) is 0 Å². The number of nitrogens with zero attached hydrogens (tertiary/aromatic N) is 1. The molecule has 0 aliphatic carbocycles. The number of hydrogen-bond donors (Lipinski definition) is 3. The third-order valence-electron chi connectivity index (χ3n) is 2.43. The molecule has 2 rings (SSSR count). The van der Waals surface area contributed by atoms with Crippen LogP contribution in [0.25, 0.3) is 0 Å².